The second-order valence-electron chi connectivity index (χ2n) is 8.81. The highest BCUT2D eigenvalue weighted by molar-refractivity contribution is 5.87. The molecule has 2 aromatic rings. The van der Waals surface area contributed by atoms with Gasteiger partial charge in [0.15, 0.2) is 0 Å². The van der Waals surface area contributed by atoms with Crippen LogP contribution in [0.4, 0.5) is 17.1 Å². The predicted octanol–water partition coefficient (Wildman–Crippen LogP) is 7.02. The number of hydrogen-bond donors (Lipinski definition) is 1. The zero-order valence-corrected chi connectivity index (χ0v) is 17.6. The van der Waals surface area contributed by atoms with Crippen molar-refractivity contribution in [3.05, 3.63) is 53.6 Å². The number of nitrogens with zero attached hydrogens (tertiary/aromatic N) is 1. The number of unbranched alkanes of at least 4 members (excludes halogenated alkanes) is 1. The average molecular weight is 363 g/mol. The molecule has 0 amide bonds. The number of benzene rings is 2. The highest BCUT2D eigenvalue weighted by Crippen LogP contribution is 2.61. The Bertz CT molecular complexity index is 842. The fraction of sp³-hybridized carbons (Fsp3) is 0.520. The fourth-order valence-corrected chi connectivity index (χ4v) is 5.52. The van der Waals surface area contributed by atoms with Crippen molar-refractivity contribution in [2.75, 3.05) is 10.2 Å². The van der Waals surface area contributed by atoms with Crippen molar-refractivity contribution in [3.8, 4) is 0 Å². The minimum Gasteiger partial charge on any atom is -0.363 e. The van der Waals surface area contributed by atoms with Crippen molar-refractivity contribution >= 4 is 17.1 Å². The van der Waals surface area contributed by atoms with Gasteiger partial charge in [-0.25, -0.2) is 0 Å². The molecule has 0 radical (unpaired) electrons. The van der Waals surface area contributed by atoms with E-state index >= 15 is 0 Å². The molecule has 2 aromatic carbocycles. The number of anilines is 3. The third-order valence-corrected chi connectivity index (χ3v) is 7.79. The summed E-state index contributed by atoms with van der Waals surface area (Å²) < 4.78 is 0. The van der Waals surface area contributed by atoms with Crippen molar-refractivity contribution in [1.29, 1.82) is 0 Å². The molecule has 27 heavy (non-hydrogen) atoms. The van der Waals surface area contributed by atoms with Crippen molar-refractivity contribution in [2.24, 2.45) is 5.41 Å². The molecule has 2 aliphatic rings. The monoisotopic (exact) mass is 362 g/mol. The molecule has 2 nitrogen and oxygen atoms in total. The summed E-state index contributed by atoms with van der Waals surface area (Å²) in [6.45, 7) is 12.0. The zero-order chi connectivity index (χ0) is 19.2. The molecule has 2 heterocycles. The zero-order valence-electron chi connectivity index (χ0n) is 17.6. The van der Waals surface area contributed by atoms with Gasteiger partial charge in [0.25, 0.3) is 0 Å². The Morgan fingerprint density at radius 2 is 1.67 bits per heavy atom. The topological polar surface area (TPSA) is 15.3 Å². The van der Waals surface area contributed by atoms with Crippen LogP contribution in [0.2, 0.25) is 0 Å². The van der Waals surface area contributed by atoms with E-state index in [9.17, 15) is 0 Å². The molecule has 1 N–H and O–H groups in total. The van der Waals surface area contributed by atoms with Gasteiger partial charge in [-0.3, -0.25) is 0 Å². The first-order valence-corrected chi connectivity index (χ1v) is 10.8. The number of para-hydroxylation sites is 2. The highest BCUT2D eigenvalue weighted by atomic mass is 15.4. The Morgan fingerprint density at radius 1 is 0.926 bits per heavy atom. The van der Waals surface area contributed by atoms with E-state index in [0.29, 0.717) is 6.17 Å². The number of hydrogen-bond acceptors (Lipinski definition) is 2. The van der Waals surface area contributed by atoms with Gasteiger partial charge in [-0.1, -0.05) is 71.4 Å². The molecule has 2 heteroatoms. The van der Waals surface area contributed by atoms with Crippen molar-refractivity contribution in [3.63, 3.8) is 0 Å². The Balaban J connectivity index is 1.93. The van der Waals surface area contributed by atoms with Crippen LogP contribution in [0, 0.1) is 5.41 Å². The van der Waals surface area contributed by atoms with Crippen LogP contribution in [0.1, 0.15) is 71.4 Å². The summed E-state index contributed by atoms with van der Waals surface area (Å²) in [6, 6.07) is 16.0. The van der Waals surface area contributed by atoms with E-state index in [1.165, 1.54) is 41.0 Å². The summed E-state index contributed by atoms with van der Waals surface area (Å²) >= 11 is 0. The number of fused-ring (bicyclic) bond motifs is 5. The van der Waals surface area contributed by atoms with E-state index in [-0.39, 0.29) is 10.8 Å². The lowest BCUT2D eigenvalue weighted by molar-refractivity contribution is 0.105. The molecular weight excluding hydrogens is 328 g/mol. The molecule has 0 fully saturated rings. The van der Waals surface area contributed by atoms with E-state index in [1.807, 2.05) is 0 Å². The predicted molar refractivity (Wildman–Crippen MR) is 117 cm³/mol. The fourth-order valence-electron chi connectivity index (χ4n) is 5.52. The quantitative estimate of drug-likeness (QED) is 0.615. The molecule has 0 aromatic heterocycles. The van der Waals surface area contributed by atoms with E-state index in [0.717, 1.165) is 19.3 Å². The first-order chi connectivity index (χ1) is 13.0. The van der Waals surface area contributed by atoms with E-state index < -0.39 is 0 Å². The van der Waals surface area contributed by atoms with Crippen LogP contribution >= 0.6 is 0 Å². The third-order valence-electron chi connectivity index (χ3n) is 7.79. The maximum absolute atomic E-state index is 4.01. The molecule has 0 saturated heterocycles. The molecule has 0 bridgehead atoms. The minimum absolute atomic E-state index is 0.150. The number of rotatable bonds is 5. The first kappa shape index (κ1) is 18.4. The Kier molecular flexibility index (Phi) is 4.49. The normalized spacial score (nSPS) is 28.3. The summed E-state index contributed by atoms with van der Waals surface area (Å²) in [5.74, 6) is 0. The van der Waals surface area contributed by atoms with Crippen LogP contribution in [-0.4, -0.2) is 6.17 Å². The molecule has 2 aliphatic heterocycles. The van der Waals surface area contributed by atoms with Crippen LogP contribution in [0.5, 0.6) is 0 Å². The summed E-state index contributed by atoms with van der Waals surface area (Å²) in [5.41, 5.74) is 7.39. The van der Waals surface area contributed by atoms with Gasteiger partial charge in [0.1, 0.15) is 6.17 Å². The first-order valence-electron chi connectivity index (χ1n) is 10.8. The maximum Gasteiger partial charge on any atom is 0.110 e. The SMILES string of the molecule is CCCCc1cccc2c1N[C@@H]1N2c2ccccc2C(C)(CC)C1(C)CC. The molecule has 0 aliphatic carbocycles. The van der Waals surface area contributed by atoms with Crippen LogP contribution in [0.15, 0.2) is 42.5 Å². The molecule has 3 atom stereocenters. The van der Waals surface area contributed by atoms with Gasteiger partial charge in [0.2, 0.25) is 0 Å². The van der Waals surface area contributed by atoms with Crippen LogP contribution in [0.3, 0.4) is 0 Å². The molecule has 144 valence electrons. The number of aryl methyl sites for hydroxylation is 1. The van der Waals surface area contributed by atoms with Gasteiger partial charge in [0, 0.05) is 16.5 Å². The van der Waals surface area contributed by atoms with Gasteiger partial charge in [-0.15, -0.1) is 0 Å². The average Bonchev–Trinajstić information content (AvgIpc) is 3.11. The molecule has 4 rings (SSSR count). The van der Waals surface area contributed by atoms with Gasteiger partial charge in [0.05, 0.1) is 11.4 Å². The van der Waals surface area contributed by atoms with E-state index in [4.69, 9.17) is 0 Å². The lowest BCUT2D eigenvalue weighted by Gasteiger charge is -2.57. The van der Waals surface area contributed by atoms with Gasteiger partial charge in [-0.2, -0.15) is 0 Å². The summed E-state index contributed by atoms with van der Waals surface area (Å²) in [6.07, 6.45) is 6.25. The third kappa shape index (κ3) is 2.38. The molecular formula is C25H34N2. The maximum atomic E-state index is 4.01. The van der Waals surface area contributed by atoms with Gasteiger partial charge in [-0.05, 0) is 48.9 Å². The largest absolute Gasteiger partial charge is 0.363 e. The minimum atomic E-state index is 0.150. The van der Waals surface area contributed by atoms with Crippen LogP contribution in [0.25, 0.3) is 0 Å². The van der Waals surface area contributed by atoms with Crippen LogP contribution < -0.4 is 10.2 Å². The summed E-state index contributed by atoms with van der Waals surface area (Å²) in [4.78, 5) is 2.60. The van der Waals surface area contributed by atoms with Crippen molar-refractivity contribution in [1.82, 2.24) is 0 Å². The second kappa shape index (κ2) is 6.58. The standard InChI is InChI=1S/C25H34N2/c1-6-9-13-18-14-12-17-21-22(18)26-23-25(5,8-3)24(4,7-2)19-15-10-11-16-20(19)27(21)23/h10-12,14-17,23,26H,6-9,13H2,1-5H3/t23-,24?,25?/m1/s1. The summed E-state index contributed by atoms with van der Waals surface area (Å²) in [5, 5.41) is 4.01. The van der Waals surface area contributed by atoms with Gasteiger partial charge < -0.3 is 10.2 Å². The summed E-state index contributed by atoms with van der Waals surface area (Å²) in [7, 11) is 0. The van der Waals surface area contributed by atoms with Gasteiger partial charge >= 0.3 is 0 Å². The Labute approximate surface area is 165 Å². The lowest BCUT2D eigenvalue weighted by atomic mass is 9.55. The van der Waals surface area contributed by atoms with Crippen molar-refractivity contribution in [2.45, 2.75) is 78.3 Å². The number of nitrogens with one attached hydrogen (secondary N) is 1. The van der Waals surface area contributed by atoms with Crippen molar-refractivity contribution < 1.29 is 0 Å². The van der Waals surface area contributed by atoms with Crippen LogP contribution in [-0.2, 0) is 11.8 Å². The van der Waals surface area contributed by atoms with E-state index in [1.54, 1.807) is 0 Å². The Hall–Kier alpha value is -1.96. The molecule has 0 saturated carbocycles. The second-order valence-corrected chi connectivity index (χ2v) is 8.81. The molecule has 0 spiro atoms. The Morgan fingerprint density at radius 3 is 2.37 bits per heavy atom. The highest BCUT2D eigenvalue weighted by Gasteiger charge is 2.57. The molecule has 2 unspecified atom stereocenters. The smallest absolute Gasteiger partial charge is 0.110 e. The lowest BCUT2D eigenvalue weighted by Crippen LogP contribution is -2.59. The van der Waals surface area contributed by atoms with E-state index in [2.05, 4.69) is 87.3 Å².